The number of aromatic nitrogens is 8. The van der Waals surface area contributed by atoms with Gasteiger partial charge in [0.15, 0.2) is 0 Å². The van der Waals surface area contributed by atoms with Crippen LogP contribution >= 0.6 is 0 Å². The standard InChI is InChI=1S/C36H38N4O4.C20H14N4/c1-9-23-19(3)27-15-28-21(5)25(11-13-35(41)43-7)33(39-28)18-34-26(12-14-36(42)44-8)22(6)30(40-34)17-32-24(10-2)20(4)29(38-32)16-31(23)37-27;1-2-14-10-16-5-6-18(23-16)12-20-8-7-19(24-20)11-17-4-3-15(22-17)9-13(1)21-14/h9-10,15-18,37,40H,1-2,11-14H2,3-8H3;1-12,21,24H. The molecular weight excluding hydrogens is 849 g/mol. The molecule has 12 heteroatoms. The van der Waals surface area contributed by atoms with Gasteiger partial charge in [-0.05, 0) is 171 Å². The summed E-state index contributed by atoms with van der Waals surface area (Å²) in [7, 11) is 2.79. The molecule has 4 N–H and O–H groups in total. The molecule has 0 atom stereocenters. The van der Waals surface area contributed by atoms with Gasteiger partial charge in [0, 0.05) is 68.1 Å². The van der Waals surface area contributed by atoms with Crippen LogP contribution in [0.1, 0.15) is 101 Å². The third-order valence-electron chi connectivity index (χ3n) is 12.7. The highest BCUT2D eigenvalue weighted by Gasteiger charge is 2.21. The summed E-state index contributed by atoms with van der Waals surface area (Å²) in [5.41, 5.74) is 22.6. The van der Waals surface area contributed by atoms with Crippen molar-refractivity contribution in [2.24, 2.45) is 0 Å². The van der Waals surface area contributed by atoms with Gasteiger partial charge in [0.25, 0.3) is 0 Å². The van der Waals surface area contributed by atoms with Crippen molar-refractivity contribution in [2.75, 3.05) is 14.2 Å². The van der Waals surface area contributed by atoms with Crippen LogP contribution in [-0.4, -0.2) is 66.0 Å². The molecule has 0 spiro atoms. The van der Waals surface area contributed by atoms with Crippen molar-refractivity contribution in [3.8, 4) is 0 Å². The minimum absolute atomic E-state index is 0.233. The Morgan fingerprint density at radius 3 is 1.50 bits per heavy atom. The summed E-state index contributed by atoms with van der Waals surface area (Å²) in [4.78, 5) is 57.6. The zero-order chi connectivity index (χ0) is 47.6. The molecule has 4 aliphatic heterocycles. The quantitative estimate of drug-likeness (QED) is 0.109. The van der Waals surface area contributed by atoms with Gasteiger partial charge in [0.2, 0.25) is 0 Å². The van der Waals surface area contributed by atoms with E-state index in [1.165, 1.54) is 14.2 Å². The lowest BCUT2D eigenvalue weighted by atomic mass is 10.00. The van der Waals surface area contributed by atoms with E-state index >= 15 is 0 Å². The summed E-state index contributed by atoms with van der Waals surface area (Å²) in [5.74, 6) is -0.558. The summed E-state index contributed by atoms with van der Waals surface area (Å²) >= 11 is 0. The fourth-order valence-corrected chi connectivity index (χ4v) is 8.91. The number of nitrogens with one attached hydrogen (secondary N) is 4. The highest BCUT2D eigenvalue weighted by Crippen LogP contribution is 2.37. The van der Waals surface area contributed by atoms with Gasteiger partial charge in [-0.3, -0.25) is 9.59 Å². The van der Waals surface area contributed by atoms with Crippen molar-refractivity contribution in [3.63, 3.8) is 0 Å². The number of carbonyl (C=O) groups is 2. The molecule has 0 unspecified atom stereocenters. The van der Waals surface area contributed by atoms with E-state index in [-0.39, 0.29) is 24.8 Å². The molecule has 0 fully saturated rings. The fourth-order valence-electron chi connectivity index (χ4n) is 8.91. The number of ether oxygens (including phenoxy) is 2. The molecular formula is C56H52N8O4. The Kier molecular flexibility index (Phi) is 12.4. The molecule has 0 radical (unpaired) electrons. The van der Waals surface area contributed by atoms with E-state index in [9.17, 15) is 9.59 Å². The van der Waals surface area contributed by atoms with Gasteiger partial charge in [0.1, 0.15) is 0 Å². The summed E-state index contributed by atoms with van der Waals surface area (Å²) in [6.45, 7) is 16.3. The van der Waals surface area contributed by atoms with Crippen LogP contribution in [0.4, 0.5) is 0 Å². The van der Waals surface area contributed by atoms with Crippen molar-refractivity contribution in [2.45, 2.75) is 53.4 Å². The predicted molar refractivity (Wildman–Crippen MR) is 276 cm³/mol. The van der Waals surface area contributed by atoms with E-state index in [2.05, 4.69) is 81.2 Å². The largest absolute Gasteiger partial charge is 0.469 e. The summed E-state index contributed by atoms with van der Waals surface area (Å²) in [6, 6.07) is 24.5. The fraction of sp³-hybridized carbons (Fsp3) is 0.179. The number of nitrogens with zero attached hydrogens (tertiary/aromatic N) is 4. The number of allylic oxidation sites excluding steroid dienone is 5. The Bertz CT molecular complexity index is 3390. The maximum absolute atomic E-state index is 12.2. The van der Waals surface area contributed by atoms with Gasteiger partial charge in [0.05, 0.1) is 59.8 Å². The molecule has 6 aromatic heterocycles. The summed E-state index contributed by atoms with van der Waals surface area (Å²) in [5, 5.41) is 0. The van der Waals surface area contributed by atoms with Crippen LogP contribution in [0.5, 0.6) is 0 Å². The van der Waals surface area contributed by atoms with E-state index in [0.717, 1.165) is 134 Å². The van der Waals surface area contributed by atoms with E-state index in [0.29, 0.717) is 12.8 Å². The number of fused-ring (bicyclic) bond motifs is 16. The lowest BCUT2D eigenvalue weighted by Gasteiger charge is -2.04. The first-order chi connectivity index (χ1) is 32.9. The van der Waals surface area contributed by atoms with Gasteiger partial charge >= 0.3 is 11.9 Å². The van der Waals surface area contributed by atoms with E-state index in [1.54, 1.807) is 0 Å². The molecule has 12 nitrogen and oxygen atoms in total. The second-order valence-electron chi connectivity index (χ2n) is 17.0. The van der Waals surface area contributed by atoms with Crippen LogP contribution in [0, 0.1) is 13.8 Å². The number of H-pyrrole nitrogens is 4. The topological polar surface area (TPSA) is 167 Å². The second kappa shape index (κ2) is 18.8. The number of rotatable bonds is 8. The average Bonchev–Trinajstić information content (AvgIpc) is 4.22. The molecule has 0 saturated heterocycles. The van der Waals surface area contributed by atoms with Gasteiger partial charge < -0.3 is 29.4 Å². The molecule has 6 aromatic rings. The molecule has 16 bridgehead atoms. The Morgan fingerprint density at radius 2 is 0.971 bits per heavy atom. The van der Waals surface area contributed by atoms with Crippen LogP contribution < -0.4 is 0 Å². The van der Waals surface area contributed by atoms with Crippen LogP contribution in [0.25, 0.3) is 96.8 Å². The van der Waals surface area contributed by atoms with Crippen LogP contribution in [0.15, 0.2) is 92.0 Å². The SMILES string of the molecule is C1=Cc2cc3ccc(cc4nc(cc5ccc(cc1n2)[nH]5)C=C4)[nH]3.C=CC1=C(C)c2cc3[nH]c(cc4nc(cc5[nH]c(cc1n2)c(C)c5CCC(=O)OC)C(CCC(=O)OC)=C4C)c(C)c3C=C. The van der Waals surface area contributed by atoms with Crippen molar-refractivity contribution in [3.05, 3.63) is 160 Å². The van der Waals surface area contributed by atoms with Crippen molar-refractivity contribution in [1.29, 1.82) is 0 Å². The number of aromatic amines is 4. The highest BCUT2D eigenvalue weighted by atomic mass is 16.5. The third-order valence-corrected chi connectivity index (χ3v) is 12.7. The number of aryl methyl sites for hydroxylation is 3. The zero-order valence-corrected chi connectivity index (χ0v) is 39.1. The number of carbonyl (C=O) groups excluding carboxylic acids is 2. The molecule has 0 aromatic carbocycles. The Hall–Kier alpha value is -8.38. The minimum Gasteiger partial charge on any atom is -0.469 e. The first kappa shape index (κ1) is 44.8. The molecule has 4 aliphatic rings. The second-order valence-corrected chi connectivity index (χ2v) is 17.0. The normalized spacial score (nSPS) is 12.8. The predicted octanol–water partition coefficient (Wildman–Crippen LogP) is 12.3. The lowest BCUT2D eigenvalue weighted by molar-refractivity contribution is -0.141. The summed E-state index contributed by atoms with van der Waals surface area (Å²) < 4.78 is 9.88. The lowest BCUT2D eigenvalue weighted by Crippen LogP contribution is -2.02. The van der Waals surface area contributed by atoms with Gasteiger partial charge in [-0.1, -0.05) is 25.3 Å². The Balaban J connectivity index is 0.000000200. The van der Waals surface area contributed by atoms with Crippen LogP contribution in [-0.2, 0) is 25.5 Å². The highest BCUT2D eigenvalue weighted by molar-refractivity contribution is 5.98. The van der Waals surface area contributed by atoms with E-state index < -0.39 is 0 Å². The van der Waals surface area contributed by atoms with Crippen LogP contribution in [0.3, 0.4) is 0 Å². The smallest absolute Gasteiger partial charge is 0.305 e. The van der Waals surface area contributed by atoms with E-state index in [1.807, 2.05) is 98.8 Å². The van der Waals surface area contributed by atoms with Crippen LogP contribution in [0.2, 0.25) is 0 Å². The van der Waals surface area contributed by atoms with E-state index in [4.69, 9.17) is 19.4 Å². The van der Waals surface area contributed by atoms with Crippen molar-refractivity contribution < 1.29 is 19.1 Å². The number of esters is 2. The number of hydrogen-bond donors (Lipinski definition) is 4. The molecule has 68 heavy (non-hydrogen) atoms. The maximum atomic E-state index is 12.2. The summed E-state index contributed by atoms with van der Waals surface area (Å²) in [6.07, 6.45) is 13.2. The van der Waals surface area contributed by atoms with Crippen molar-refractivity contribution in [1.82, 2.24) is 39.9 Å². The maximum Gasteiger partial charge on any atom is 0.305 e. The molecule has 340 valence electrons. The number of methoxy groups -OCH3 is 2. The van der Waals surface area contributed by atoms with Gasteiger partial charge in [-0.25, -0.2) is 19.9 Å². The molecule has 10 heterocycles. The van der Waals surface area contributed by atoms with Gasteiger partial charge in [-0.15, -0.1) is 0 Å². The first-order valence-corrected chi connectivity index (χ1v) is 22.5. The first-order valence-electron chi connectivity index (χ1n) is 22.5. The molecule has 0 saturated carbocycles. The zero-order valence-electron chi connectivity index (χ0n) is 39.1. The third kappa shape index (κ3) is 9.21. The Labute approximate surface area is 393 Å². The average molecular weight is 901 g/mol. The minimum atomic E-state index is -0.280. The Morgan fingerprint density at radius 1 is 0.515 bits per heavy atom. The van der Waals surface area contributed by atoms with Crippen molar-refractivity contribution >= 4 is 109 Å². The monoisotopic (exact) mass is 900 g/mol. The molecule has 10 rings (SSSR count). The number of hydrogen-bond acceptors (Lipinski definition) is 8. The van der Waals surface area contributed by atoms with Gasteiger partial charge in [-0.2, -0.15) is 0 Å². The molecule has 0 amide bonds. The molecule has 0 aliphatic carbocycles.